The first-order chi connectivity index (χ1) is 7.08. The van der Waals surface area contributed by atoms with Crippen LogP contribution in [-0.4, -0.2) is 22.8 Å². The van der Waals surface area contributed by atoms with E-state index in [1.165, 1.54) is 0 Å². The minimum atomic E-state index is -0.818. The summed E-state index contributed by atoms with van der Waals surface area (Å²) in [7, 11) is 0. The molecule has 5 nitrogen and oxygen atoms in total. The summed E-state index contributed by atoms with van der Waals surface area (Å²) in [5.41, 5.74) is 4.91. The van der Waals surface area contributed by atoms with E-state index in [1.807, 2.05) is 12.1 Å². The molecule has 1 aromatic heterocycles. The van der Waals surface area contributed by atoms with Crippen LogP contribution in [0.3, 0.4) is 0 Å². The second-order valence-corrected chi connectivity index (χ2v) is 4.45. The van der Waals surface area contributed by atoms with Crippen LogP contribution < -0.4 is 5.73 Å². The zero-order valence-electron chi connectivity index (χ0n) is 7.89. The van der Waals surface area contributed by atoms with E-state index >= 15 is 0 Å². The smallest absolute Gasteiger partial charge is 0.338 e. The molecule has 0 bridgehead atoms. The molecule has 1 saturated carbocycles. The summed E-state index contributed by atoms with van der Waals surface area (Å²) in [6.07, 6.45) is 0.907. The van der Waals surface area contributed by atoms with E-state index in [9.17, 15) is 4.79 Å². The first kappa shape index (κ1) is 10.5. The molecule has 2 atom stereocenters. The van der Waals surface area contributed by atoms with E-state index in [-0.39, 0.29) is 18.4 Å². The Morgan fingerprint density at radius 3 is 3.00 bits per heavy atom. The Morgan fingerprint density at radius 2 is 2.47 bits per heavy atom. The lowest BCUT2D eigenvalue weighted by molar-refractivity contribution is -0.0433. The minimum Gasteiger partial charge on any atom is -0.454 e. The summed E-state index contributed by atoms with van der Waals surface area (Å²) >= 11 is 3.22. The number of hydrogen-bond donors (Lipinski definition) is 2. The number of hydrogen-bond acceptors (Lipinski definition) is 3. The fraction of sp³-hybridized carbons (Fsp3) is 0.444. The highest BCUT2D eigenvalue weighted by Crippen LogP contribution is 2.48. The van der Waals surface area contributed by atoms with Gasteiger partial charge in [-0.2, -0.15) is 0 Å². The molecule has 0 aliphatic heterocycles. The van der Waals surface area contributed by atoms with Crippen LogP contribution in [0.2, 0.25) is 0 Å². The van der Waals surface area contributed by atoms with E-state index in [4.69, 9.17) is 15.4 Å². The largest absolute Gasteiger partial charge is 0.454 e. The summed E-state index contributed by atoms with van der Waals surface area (Å²) in [5.74, 6) is 1.40. The number of hydroxylamine groups is 2. The van der Waals surface area contributed by atoms with Crippen molar-refractivity contribution >= 4 is 22.0 Å². The number of carbonyl (C=O) groups is 1. The van der Waals surface area contributed by atoms with Crippen molar-refractivity contribution < 1.29 is 14.4 Å². The van der Waals surface area contributed by atoms with Crippen molar-refractivity contribution in [2.24, 2.45) is 11.7 Å². The van der Waals surface area contributed by atoms with Gasteiger partial charge in [-0.25, -0.2) is 9.86 Å². The van der Waals surface area contributed by atoms with Crippen molar-refractivity contribution in [3.63, 3.8) is 0 Å². The molecule has 0 radical (unpaired) electrons. The molecule has 82 valence electrons. The number of nitrogens with two attached hydrogens (primary N) is 1. The van der Waals surface area contributed by atoms with Crippen LogP contribution in [0.1, 0.15) is 18.1 Å². The number of primary amides is 1. The monoisotopic (exact) mass is 274 g/mol. The van der Waals surface area contributed by atoms with Crippen molar-refractivity contribution in [2.75, 3.05) is 6.54 Å². The van der Waals surface area contributed by atoms with Gasteiger partial charge in [0.25, 0.3) is 0 Å². The second kappa shape index (κ2) is 3.86. The SMILES string of the molecule is NC(=O)N(O)CC1CC1c1ccc(Br)o1. The number of furan rings is 1. The van der Waals surface area contributed by atoms with Gasteiger partial charge in [0.1, 0.15) is 5.76 Å². The maximum absolute atomic E-state index is 10.6. The van der Waals surface area contributed by atoms with Crippen LogP contribution in [-0.2, 0) is 0 Å². The van der Waals surface area contributed by atoms with Gasteiger partial charge in [-0.1, -0.05) is 0 Å². The lowest BCUT2D eigenvalue weighted by Gasteiger charge is -2.10. The molecule has 0 spiro atoms. The average Bonchev–Trinajstić information content (AvgIpc) is 2.79. The van der Waals surface area contributed by atoms with Gasteiger partial charge in [0.05, 0.1) is 6.54 Å². The van der Waals surface area contributed by atoms with E-state index in [0.29, 0.717) is 9.73 Å². The topological polar surface area (TPSA) is 79.7 Å². The summed E-state index contributed by atoms with van der Waals surface area (Å²) in [6, 6.07) is 2.90. The van der Waals surface area contributed by atoms with Gasteiger partial charge in [0.2, 0.25) is 0 Å². The molecule has 1 aliphatic rings. The predicted molar refractivity (Wildman–Crippen MR) is 55.3 cm³/mol. The highest BCUT2D eigenvalue weighted by atomic mass is 79.9. The van der Waals surface area contributed by atoms with Crippen molar-refractivity contribution in [1.29, 1.82) is 0 Å². The third-order valence-electron chi connectivity index (χ3n) is 2.54. The minimum absolute atomic E-state index is 0.237. The Balaban J connectivity index is 1.89. The summed E-state index contributed by atoms with van der Waals surface area (Å²) < 4.78 is 6.07. The molecule has 1 aromatic rings. The van der Waals surface area contributed by atoms with Gasteiger partial charge < -0.3 is 10.2 Å². The molecule has 0 saturated heterocycles. The molecule has 2 amide bonds. The van der Waals surface area contributed by atoms with Crippen LogP contribution in [0.15, 0.2) is 21.2 Å². The highest BCUT2D eigenvalue weighted by molar-refractivity contribution is 9.10. The number of urea groups is 1. The number of carbonyl (C=O) groups excluding carboxylic acids is 1. The Kier molecular flexibility index (Phi) is 2.70. The van der Waals surface area contributed by atoms with Gasteiger partial charge in [0, 0.05) is 5.92 Å². The Bertz CT molecular complexity index is 379. The number of halogens is 1. The molecule has 15 heavy (non-hydrogen) atoms. The van der Waals surface area contributed by atoms with Crippen LogP contribution in [0.5, 0.6) is 0 Å². The molecule has 6 heteroatoms. The average molecular weight is 275 g/mol. The van der Waals surface area contributed by atoms with Gasteiger partial charge >= 0.3 is 6.03 Å². The zero-order valence-corrected chi connectivity index (χ0v) is 9.48. The normalized spacial score (nSPS) is 23.9. The second-order valence-electron chi connectivity index (χ2n) is 3.66. The first-order valence-corrected chi connectivity index (χ1v) is 5.38. The van der Waals surface area contributed by atoms with E-state index in [1.54, 1.807) is 0 Å². The maximum Gasteiger partial charge on any atom is 0.338 e. The predicted octanol–water partition coefficient (Wildman–Crippen LogP) is 1.92. The summed E-state index contributed by atoms with van der Waals surface area (Å²) in [6.45, 7) is 0.262. The summed E-state index contributed by atoms with van der Waals surface area (Å²) in [5, 5.41) is 9.67. The fourth-order valence-corrected chi connectivity index (χ4v) is 1.96. The lowest BCUT2D eigenvalue weighted by Crippen LogP contribution is -2.34. The fourth-order valence-electron chi connectivity index (χ4n) is 1.64. The quantitative estimate of drug-likeness (QED) is 0.653. The molecule has 3 N–H and O–H groups in total. The van der Waals surface area contributed by atoms with Gasteiger partial charge in [-0.05, 0) is 40.4 Å². The van der Waals surface area contributed by atoms with Gasteiger partial charge in [-0.3, -0.25) is 5.21 Å². The molecule has 2 unspecified atom stereocenters. The van der Waals surface area contributed by atoms with E-state index < -0.39 is 6.03 Å². The summed E-state index contributed by atoms with van der Waals surface area (Å²) in [4.78, 5) is 10.6. The van der Waals surface area contributed by atoms with Crippen LogP contribution in [0.4, 0.5) is 4.79 Å². The lowest BCUT2D eigenvalue weighted by atomic mass is 10.2. The van der Waals surface area contributed by atoms with Gasteiger partial charge in [0.15, 0.2) is 4.67 Å². The zero-order chi connectivity index (χ0) is 11.0. The van der Waals surface area contributed by atoms with Gasteiger partial charge in [-0.15, -0.1) is 0 Å². The Morgan fingerprint density at radius 1 is 1.73 bits per heavy atom. The van der Waals surface area contributed by atoms with E-state index in [0.717, 1.165) is 12.2 Å². The third kappa shape index (κ3) is 2.32. The van der Waals surface area contributed by atoms with Crippen LogP contribution in [0.25, 0.3) is 0 Å². The van der Waals surface area contributed by atoms with Crippen LogP contribution >= 0.6 is 15.9 Å². The number of nitrogens with zero attached hydrogens (tertiary/aromatic N) is 1. The van der Waals surface area contributed by atoms with E-state index in [2.05, 4.69) is 15.9 Å². The number of amides is 2. The maximum atomic E-state index is 10.6. The Labute approximate surface area is 94.9 Å². The van der Waals surface area contributed by atoms with Crippen molar-refractivity contribution in [2.45, 2.75) is 12.3 Å². The molecular weight excluding hydrogens is 264 g/mol. The van der Waals surface area contributed by atoms with Crippen LogP contribution in [0, 0.1) is 5.92 Å². The standard InChI is InChI=1S/C9H11BrN2O3/c10-8-2-1-7(15-8)6-3-5(6)4-12(14)9(11)13/h1-2,5-6,14H,3-4H2,(H2,11,13). The Hall–Kier alpha value is -1.01. The van der Waals surface area contributed by atoms with Crippen molar-refractivity contribution in [3.05, 3.63) is 22.6 Å². The molecule has 1 fully saturated rings. The first-order valence-electron chi connectivity index (χ1n) is 4.59. The third-order valence-corrected chi connectivity index (χ3v) is 2.97. The molecule has 0 aromatic carbocycles. The molecule has 1 aliphatic carbocycles. The molecular formula is C9H11BrN2O3. The molecule has 2 rings (SSSR count). The highest BCUT2D eigenvalue weighted by Gasteiger charge is 2.42. The molecule has 1 heterocycles. The van der Waals surface area contributed by atoms with Crippen molar-refractivity contribution in [3.8, 4) is 0 Å². The number of rotatable bonds is 3. The van der Waals surface area contributed by atoms with Crippen molar-refractivity contribution in [1.82, 2.24) is 5.06 Å².